The van der Waals surface area contributed by atoms with Gasteiger partial charge in [0.2, 0.25) is 0 Å². The lowest BCUT2D eigenvalue weighted by Crippen LogP contribution is -2.28. The van der Waals surface area contributed by atoms with E-state index in [1.165, 1.54) is 12.4 Å². The highest BCUT2D eigenvalue weighted by Gasteiger charge is 2.28. The Hall–Kier alpha value is -1.49. The van der Waals surface area contributed by atoms with E-state index >= 15 is 0 Å². The van der Waals surface area contributed by atoms with Crippen molar-refractivity contribution in [3.63, 3.8) is 0 Å². The van der Waals surface area contributed by atoms with Gasteiger partial charge >= 0.3 is 0 Å². The normalized spacial score (nSPS) is 25.1. The van der Waals surface area contributed by atoms with Crippen molar-refractivity contribution in [1.82, 2.24) is 9.97 Å². The summed E-state index contributed by atoms with van der Waals surface area (Å²) in [5.41, 5.74) is 0. The molecule has 5 nitrogen and oxygen atoms in total. The Morgan fingerprint density at radius 2 is 2.40 bits per heavy atom. The summed E-state index contributed by atoms with van der Waals surface area (Å²) in [5, 5.41) is 2.67. The predicted molar refractivity (Wildman–Crippen MR) is 54.2 cm³/mol. The summed E-state index contributed by atoms with van der Waals surface area (Å²) in [6, 6.07) is 0. The van der Waals surface area contributed by atoms with Gasteiger partial charge in [0.1, 0.15) is 6.10 Å². The minimum atomic E-state index is -0.345. The summed E-state index contributed by atoms with van der Waals surface area (Å²) < 4.78 is 5.44. The maximum absolute atomic E-state index is 11.7. The third-order valence-corrected chi connectivity index (χ3v) is 2.34. The molecule has 2 rings (SSSR count). The van der Waals surface area contributed by atoms with Crippen molar-refractivity contribution < 1.29 is 9.53 Å². The number of rotatable bonds is 2. The van der Waals surface area contributed by atoms with Crippen molar-refractivity contribution >= 4 is 11.7 Å². The van der Waals surface area contributed by atoms with Crippen LogP contribution < -0.4 is 5.32 Å². The molecule has 1 amide bonds. The van der Waals surface area contributed by atoms with Crippen LogP contribution in [0.15, 0.2) is 18.6 Å². The topological polar surface area (TPSA) is 64.1 Å². The Morgan fingerprint density at radius 3 is 3.00 bits per heavy atom. The lowest BCUT2D eigenvalue weighted by atomic mass is 10.2. The summed E-state index contributed by atoms with van der Waals surface area (Å²) in [7, 11) is 0. The van der Waals surface area contributed by atoms with E-state index in [1.54, 1.807) is 6.20 Å². The molecule has 15 heavy (non-hydrogen) atoms. The van der Waals surface area contributed by atoms with Crippen LogP contribution in [0.25, 0.3) is 0 Å². The van der Waals surface area contributed by atoms with Crippen molar-refractivity contribution in [2.45, 2.75) is 32.0 Å². The second kappa shape index (κ2) is 4.35. The first kappa shape index (κ1) is 10.0. The molecular weight excluding hydrogens is 194 g/mol. The van der Waals surface area contributed by atoms with E-state index < -0.39 is 0 Å². The molecule has 1 aliphatic heterocycles. The Morgan fingerprint density at radius 1 is 1.53 bits per heavy atom. The van der Waals surface area contributed by atoms with E-state index in [2.05, 4.69) is 15.3 Å². The molecule has 1 aliphatic rings. The number of hydrogen-bond acceptors (Lipinski definition) is 4. The molecule has 2 atom stereocenters. The van der Waals surface area contributed by atoms with Crippen LogP contribution in [0.4, 0.5) is 5.82 Å². The maximum Gasteiger partial charge on any atom is 0.254 e. The fourth-order valence-electron chi connectivity index (χ4n) is 1.57. The van der Waals surface area contributed by atoms with Gasteiger partial charge in [-0.3, -0.25) is 9.78 Å². The van der Waals surface area contributed by atoms with Gasteiger partial charge in [0.25, 0.3) is 5.91 Å². The zero-order chi connectivity index (χ0) is 10.7. The van der Waals surface area contributed by atoms with Gasteiger partial charge in [0.15, 0.2) is 5.82 Å². The second-order valence-corrected chi connectivity index (χ2v) is 3.59. The molecule has 0 radical (unpaired) electrons. The van der Waals surface area contributed by atoms with Crippen LogP contribution in [0, 0.1) is 0 Å². The molecule has 1 aromatic rings. The number of nitrogens with one attached hydrogen (secondary N) is 1. The predicted octanol–water partition coefficient (Wildman–Crippen LogP) is 0.983. The fraction of sp³-hybridized carbons (Fsp3) is 0.500. The molecule has 80 valence electrons. The number of aromatic nitrogens is 2. The van der Waals surface area contributed by atoms with Crippen LogP contribution in [-0.4, -0.2) is 28.1 Å². The zero-order valence-electron chi connectivity index (χ0n) is 8.51. The first-order valence-electron chi connectivity index (χ1n) is 4.98. The highest BCUT2D eigenvalue weighted by Crippen LogP contribution is 2.19. The third-order valence-electron chi connectivity index (χ3n) is 2.34. The molecule has 1 N–H and O–H groups in total. The number of carbonyl (C=O) groups excluding carboxylic acids is 1. The van der Waals surface area contributed by atoms with E-state index in [4.69, 9.17) is 4.74 Å². The van der Waals surface area contributed by atoms with E-state index in [9.17, 15) is 4.79 Å². The first-order valence-corrected chi connectivity index (χ1v) is 4.98. The SMILES string of the molecule is CC1CCC(C(=O)Nc2cnccn2)O1. The molecule has 0 saturated carbocycles. The molecule has 0 bridgehead atoms. The van der Waals surface area contributed by atoms with E-state index in [1.807, 2.05) is 6.92 Å². The molecular formula is C10H13N3O2. The fourth-order valence-corrected chi connectivity index (χ4v) is 1.57. The van der Waals surface area contributed by atoms with Gasteiger partial charge < -0.3 is 10.1 Å². The molecule has 5 heteroatoms. The quantitative estimate of drug-likeness (QED) is 0.785. The number of amides is 1. The van der Waals surface area contributed by atoms with Gasteiger partial charge in [0, 0.05) is 12.4 Å². The third kappa shape index (κ3) is 2.50. The Bertz CT molecular complexity index is 342. The molecule has 1 fully saturated rings. The second-order valence-electron chi connectivity index (χ2n) is 3.59. The Labute approximate surface area is 87.9 Å². The van der Waals surface area contributed by atoms with Gasteiger partial charge in [-0.15, -0.1) is 0 Å². The lowest BCUT2D eigenvalue weighted by Gasteiger charge is -2.10. The zero-order valence-corrected chi connectivity index (χ0v) is 8.51. The largest absolute Gasteiger partial charge is 0.365 e. The number of ether oxygens (including phenoxy) is 1. The minimum Gasteiger partial charge on any atom is -0.365 e. The van der Waals surface area contributed by atoms with Crippen molar-refractivity contribution in [3.8, 4) is 0 Å². The summed E-state index contributed by atoms with van der Waals surface area (Å²) in [5.74, 6) is 0.325. The van der Waals surface area contributed by atoms with Gasteiger partial charge in [-0.1, -0.05) is 0 Å². The average molecular weight is 207 g/mol. The van der Waals surface area contributed by atoms with Gasteiger partial charge in [0.05, 0.1) is 12.3 Å². The van der Waals surface area contributed by atoms with Crippen LogP contribution in [-0.2, 0) is 9.53 Å². The molecule has 1 aromatic heterocycles. The number of nitrogens with zero attached hydrogens (tertiary/aromatic N) is 2. The molecule has 2 unspecified atom stereocenters. The van der Waals surface area contributed by atoms with E-state index in [-0.39, 0.29) is 18.1 Å². The molecule has 2 heterocycles. The highest BCUT2D eigenvalue weighted by atomic mass is 16.5. The van der Waals surface area contributed by atoms with Crippen molar-refractivity contribution in [1.29, 1.82) is 0 Å². The van der Waals surface area contributed by atoms with Gasteiger partial charge in [-0.25, -0.2) is 4.98 Å². The van der Waals surface area contributed by atoms with Crippen LogP contribution >= 0.6 is 0 Å². The van der Waals surface area contributed by atoms with Crippen molar-refractivity contribution in [2.75, 3.05) is 5.32 Å². The number of carbonyl (C=O) groups is 1. The maximum atomic E-state index is 11.7. The Balaban J connectivity index is 1.93. The lowest BCUT2D eigenvalue weighted by molar-refractivity contribution is -0.126. The van der Waals surface area contributed by atoms with Crippen LogP contribution in [0.3, 0.4) is 0 Å². The molecule has 0 aliphatic carbocycles. The van der Waals surface area contributed by atoms with Crippen LogP contribution in [0.2, 0.25) is 0 Å². The van der Waals surface area contributed by atoms with E-state index in [0.717, 1.165) is 12.8 Å². The van der Waals surface area contributed by atoms with Gasteiger partial charge in [-0.05, 0) is 19.8 Å². The highest BCUT2D eigenvalue weighted by molar-refractivity contribution is 5.93. The number of hydrogen-bond donors (Lipinski definition) is 1. The van der Waals surface area contributed by atoms with Crippen molar-refractivity contribution in [3.05, 3.63) is 18.6 Å². The summed E-state index contributed by atoms with van der Waals surface area (Å²) in [6.07, 6.45) is 6.13. The van der Waals surface area contributed by atoms with Crippen LogP contribution in [0.1, 0.15) is 19.8 Å². The number of anilines is 1. The molecule has 0 aromatic carbocycles. The van der Waals surface area contributed by atoms with Crippen LogP contribution in [0.5, 0.6) is 0 Å². The van der Waals surface area contributed by atoms with Crippen molar-refractivity contribution in [2.24, 2.45) is 0 Å². The Kier molecular flexibility index (Phi) is 2.91. The summed E-state index contributed by atoms with van der Waals surface area (Å²) in [4.78, 5) is 19.5. The average Bonchev–Trinajstić information content (AvgIpc) is 2.66. The summed E-state index contributed by atoms with van der Waals surface area (Å²) in [6.45, 7) is 1.97. The van der Waals surface area contributed by atoms with Gasteiger partial charge in [-0.2, -0.15) is 0 Å². The minimum absolute atomic E-state index is 0.139. The monoisotopic (exact) mass is 207 g/mol. The van der Waals surface area contributed by atoms with E-state index in [0.29, 0.717) is 5.82 Å². The smallest absolute Gasteiger partial charge is 0.254 e. The summed E-state index contributed by atoms with van der Waals surface area (Å²) >= 11 is 0. The molecule has 1 saturated heterocycles. The first-order chi connectivity index (χ1) is 7.25. The standard InChI is InChI=1S/C10H13N3O2/c1-7-2-3-8(15-7)10(14)13-9-6-11-4-5-12-9/h4-8H,2-3H2,1H3,(H,12,13,14). The molecule has 0 spiro atoms.